The molecule has 1 amide bonds. The van der Waals surface area contributed by atoms with E-state index in [1.54, 1.807) is 53.4 Å². The minimum absolute atomic E-state index is 0.0511. The van der Waals surface area contributed by atoms with Crippen molar-refractivity contribution in [3.05, 3.63) is 114 Å². The quantitative estimate of drug-likeness (QED) is 0.117. The van der Waals surface area contributed by atoms with Crippen molar-refractivity contribution >= 4 is 11.9 Å². The first-order valence-electron chi connectivity index (χ1n) is 14.4. The number of ether oxygens (including phenoxy) is 1. The number of phenols is 1. The van der Waals surface area contributed by atoms with Gasteiger partial charge >= 0.3 is 5.97 Å². The Morgan fingerprint density at radius 3 is 2.51 bits per heavy atom. The van der Waals surface area contributed by atoms with Gasteiger partial charge in [0.05, 0.1) is 19.2 Å². The van der Waals surface area contributed by atoms with Crippen LogP contribution in [-0.2, 0) is 29.0 Å². The molecule has 0 radical (unpaired) electrons. The van der Waals surface area contributed by atoms with Gasteiger partial charge in [0, 0.05) is 13.1 Å². The lowest BCUT2D eigenvalue weighted by atomic mass is 9.99. The van der Waals surface area contributed by atoms with E-state index < -0.39 is 30.8 Å². The summed E-state index contributed by atoms with van der Waals surface area (Å²) in [5, 5.41) is 36.3. The Balaban J connectivity index is 1.49. The second-order valence-corrected chi connectivity index (χ2v) is 11.2. The molecule has 2 fully saturated rings. The molecular formula is C33H39N4O6+. The Morgan fingerprint density at radius 1 is 1.09 bits per heavy atom. The Kier molecular flexibility index (Phi) is 9.24. The molecule has 43 heavy (non-hydrogen) atoms. The number of benzene rings is 3. The predicted molar refractivity (Wildman–Crippen MR) is 160 cm³/mol. The number of hydrogen-bond donors (Lipinski definition) is 4. The third-order valence-corrected chi connectivity index (χ3v) is 8.50. The van der Waals surface area contributed by atoms with Crippen molar-refractivity contribution in [3.63, 3.8) is 0 Å². The largest absolute Gasteiger partial charge is 0.508 e. The lowest BCUT2D eigenvalue weighted by molar-refractivity contribution is -0.985. The molecule has 10 heteroatoms. The van der Waals surface area contributed by atoms with Crippen LogP contribution in [0.4, 0.5) is 0 Å². The number of rotatable bonds is 11. The summed E-state index contributed by atoms with van der Waals surface area (Å²) in [5.74, 6) is -0.507. The smallest absolute Gasteiger partial charge is 0.337 e. The van der Waals surface area contributed by atoms with Gasteiger partial charge in [-0.3, -0.25) is 9.28 Å². The monoisotopic (exact) mass is 587 g/mol. The average molecular weight is 588 g/mol. The highest BCUT2D eigenvalue weighted by molar-refractivity contribution is 5.89. The van der Waals surface area contributed by atoms with E-state index in [2.05, 4.69) is 11.9 Å². The minimum atomic E-state index is -1.06. The molecule has 3 aromatic rings. The number of nitrogens with one attached hydrogen (secondary N) is 1. The fourth-order valence-electron chi connectivity index (χ4n) is 6.39. The number of piperazine rings is 1. The number of quaternary nitrogens is 1. The van der Waals surface area contributed by atoms with Gasteiger partial charge in [0.25, 0.3) is 6.35 Å². The van der Waals surface area contributed by atoms with Crippen molar-refractivity contribution in [1.29, 1.82) is 0 Å². The summed E-state index contributed by atoms with van der Waals surface area (Å²) < 4.78 is 4.93. The van der Waals surface area contributed by atoms with Gasteiger partial charge in [-0.25, -0.2) is 15.0 Å². The molecule has 4 unspecified atom stereocenters. The zero-order chi connectivity index (χ0) is 30.6. The molecule has 2 saturated heterocycles. The van der Waals surface area contributed by atoms with E-state index in [0.717, 1.165) is 16.7 Å². The molecule has 0 aromatic heterocycles. The number of amides is 1. The van der Waals surface area contributed by atoms with Gasteiger partial charge in [-0.05, 0) is 53.5 Å². The normalized spacial score (nSPS) is 24.4. The standard InChI is InChI=1S/C33H38N4O6/c1-3-16-37(33(42)34-19-24-8-5-4-6-9-24)22-30(39)36-28(18-23-12-14-27(38)15-13-23)31(40)35(21-29(36)37)20-25-10-7-11-26(17-25)32(41)43-2/h3-15,17,28-30,33-34,39,42H,1,16,18-22H2,2H3/p+1/t28-,29?,30?,33?,37?/m0/s1. The van der Waals surface area contributed by atoms with Crippen molar-refractivity contribution in [1.82, 2.24) is 15.1 Å². The molecule has 2 aliphatic heterocycles. The van der Waals surface area contributed by atoms with Crippen molar-refractivity contribution in [2.75, 3.05) is 26.7 Å². The fraction of sp³-hybridized carbons (Fsp3) is 0.333. The first-order chi connectivity index (χ1) is 20.8. The third kappa shape index (κ3) is 6.34. The number of fused-ring (bicyclic) bond motifs is 1. The molecule has 5 rings (SSSR count). The predicted octanol–water partition coefficient (Wildman–Crippen LogP) is 2.16. The van der Waals surface area contributed by atoms with Crippen molar-refractivity contribution in [2.45, 2.75) is 44.3 Å². The maximum Gasteiger partial charge on any atom is 0.337 e. The van der Waals surface area contributed by atoms with Gasteiger partial charge in [-0.2, -0.15) is 0 Å². The van der Waals surface area contributed by atoms with Crippen LogP contribution in [0.15, 0.2) is 91.5 Å². The van der Waals surface area contributed by atoms with Crippen LogP contribution < -0.4 is 5.32 Å². The Bertz CT molecular complexity index is 1430. The minimum Gasteiger partial charge on any atom is -0.508 e. The number of carbonyl (C=O) groups excluding carboxylic acids is 2. The molecular weight excluding hydrogens is 548 g/mol. The highest BCUT2D eigenvalue weighted by Gasteiger charge is 2.61. The summed E-state index contributed by atoms with van der Waals surface area (Å²) in [4.78, 5) is 29.9. The van der Waals surface area contributed by atoms with Crippen molar-refractivity contribution < 1.29 is 34.1 Å². The van der Waals surface area contributed by atoms with Gasteiger partial charge < -0.3 is 25.0 Å². The number of phenolic OH excluding ortho intramolecular Hbond substituents is 1. The molecule has 10 nitrogen and oxygen atoms in total. The summed E-state index contributed by atoms with van der Waals surface area (Å²) in [6, 6.07) is 22.7. The summed E-state index contributed by atoms with van der Waals surface area (Å²) >= 11 is 0. The van der Waals surface area contributed by atoms with Crippen molar-refractivity contribution in [3.8, 4) is 5.75 Å². The van der Waals surface area contributed by atoms with Crippen LogP contribution in [0.1, 0.15) is 27.0 Å². The molecule has 2 aliphatic rings. The van der Waals surface area contributed by atoms with Gasteiger partial charge in [0.15, 0.2) is 12.4 Å². The molecule has 0 saturated carbocycles. The van der Waals surface area contributed by atoms with Crippen LogP contribution in [0.5, 0.6) is 5.75 Å². The molecule has 0 bridgehead atoms. The molecule has 0 aliphatic carbocycles. The number of aromatic hydroxyl groups is 1. The first kappa shape index (κ1) is 30.4. The highest BCUT2D eigenvalue weighted by Crippen LogP contribution is 2.37. The van der Waals surface area contributed by atoms with Crippen LogP contribution >= 0.6 is 0 Å². The summed E-state index contributed by atoms with van der Waals surface area (Å²) in [7, 11) is 1.32. The van der Waals surface area contributed by atoms with Crippen LogP contribution in [0, 0.1) is 0 Å². The van der Waals surface area contributed by atoms with E-state index in [0.29, 0.717) is 25.1 Å². The maximum absolute atomic E-state index is 14.1. The average Bonchev–Trinajstić information content (AvgIpc) is 3.30. The van der Waals surface area contributed by atoms with E-state index >= 15 is 0 Å². The lowest BCUT2D eigenvalue weighted by Gasteiger charge is -2.49. The molecule has 2 heterocycles. The van der Waals surface area contributed by atoms with Crippen LogP contribution in [0.25, 0.3) is 0 Å². The molecule has 4 N–H and O–H groups in total. The first-order valence-corrected chi connectivity index (χ1v) is 14.4. The zero-order valence-corrected chi connectivity index (χ0v) is 24.3. The number of esters is 1. The van der Waals surface area contributed by atoms with E-state index in [1.807, 2.05) is 41.3 Å². The number of carbonyl (C=O) groups is 2. The Labute approximate surface area is 251 Å². The summed E-state index contributed by atoms with van der Waals surface area (Å²) in [6.45, 7) is 5.39. The number of aliphatic hydroxyl groups is 2. The summed E-state index contributed by atoms with van der Waals surface area (Å²) in [6.07, 6.45) is -0.481. The third-order valence-electron chi connectivity index (χ3n) is 8.50. The topological polar surface area (TPSA) is 123 Å². The van der Waals surface area contributed by atoms with E-state index in [9.17, 15) is 24.9 Å². The number of nitrogens with zero attached hydrogens (tertiary/aromatic N) is 3. The maximum atomic E-state index is 14.1. The number of aliphatic hydroxyl groups excluding tert-OH is 2. The number of methoxy groups -OCH3 is 1. The second kappa shape index (κ2) is 13.1. The van der Waals surface area contributed by atoms with Gasteiger partial charge in [0.2, 0.25) is 5.91 Å². The molecule has 5 atom stereocenters. The summed E-state index contributed by atoms with van der Waals surface area (Å²) in [5.41, 5.74) is 2.98. The Morgan fingerprint density at radius 2 is 1.81 bits per heavy atom. The van der Waals surface area contributed by atoms with Crippen molar-refractivity contribution in [2.24, 2.45) is 0 Å². The van der Waals surface area contributed by atoms with Crippen LogP contribution in [-0.4, -0.2) is 93.0 Å². The SMILES string of the molecule is C=CC[N+]1(C(O)NCc2ccccc2)CC(O)N2C1CN(Cc1cccc(C(=O)OC)c1)C(=O)[C@@H]2Cc1ccc(O)cc1. The molecule has 3 aromatic carbocycles. The lowest BCUT2D eigenvalue weighted by Crippen LogP contribution is -2.72. The van der Waals surface area contributed by atoms with E-state index in [-0.39, 0.29) is 35.8 Å². The Hall–Kier alpha value is -4.06. The highest BCUT2D eigenvalue weighted by atomic mass is 16.5. The van der Waals surface area contributed by atoms with E-state index in [4.69, 9.17) is 4.74 Å². The van der Waals surface area contributed by atoms with Crippen LogP contribution in [0.3, 0.4) is 0 Å². The second-order valence-electron chi connectivity index (χ2n) is 11.2. The van der Waals surface area contributed by atoms with E-state index in [1.165, 1.54) is 7.11 Å². The van der Waals surface area contributed by atoms with Gasteiger partial charge in [0.1, 0.15) is 24.9 Å². The molecule has 226 valence electrons. The molecule has 0 spiro atoms. The zero-order valence-electron chi connectivity index (χ0n) is 24.3. The fourth-order valence-corrected chi connectivity index (χ4v) is 6.39. The van der Waals surface area contributed by atoms with Gasteiger partial charge in [-0.15, -0.1) is 0 Å². The van der Waals surface area contributed by atoms with Gasteiger partial charge in [-0.1, -0.05) is 61.2 Å². The van der Waals surface area contributed by atoms with Crippen LogP contribution in [0.2, 0.25) is 0 Å². The number of hydrogen-bond acceptors (Lipinski definition) is 8.